The van der Waals surface area contributed by atoms with E-state index in [1.807, 2.05) is 24.3 Å². The average Bonchev–Trinajstić information content (AvgIpc) is 3.14. The zero-order chi connectivity index (χ0) is 17.2. The second-order valence-electron chi connectivity index (χ2n) is 6.60. The van der Waals surface area contributed by atoms with E-state index in [2.05, 4.69) is 19.2 Å². The lowest BCUT2D eigenvalue weighted by Gasteiger charge is -2.15. The lowest BCUT2D eigenvalue weighted by Crippen LogP contribution is -2.29. The molecular formula is C20H31NO3. The Morgan fingerprint density at radius 3 is 2.75 bits per heavy atom. The van der Waals surface area contributed by atoms with E-state index in [4.69, 9.17) is 9.47 Å². The van der Waals surface area contributed by atoms with Gasteiger partial charge < -0.3 is 14.8 Å². The van der Waals surface area contributed by atoms with Gasteiger partial charge in [0.05, 0.1) is 6.10 Å². The first kappa shape index (κ1) is 18.8. The fourth-order valence-corrected chi connectivity index (χ4v) is 2.95. The van der Waals surface area contributed by atoms with Crippen molar-refractivity contribution < 1.29 is 14.3 Å². The normalized spacial score (nSPS) is 18.3. The molecule has 1 aromatic carbocycles. The molecule has 1 amide bonds. The molecule has 1 fully saturated rings. The molecule has 0 aliphatic carbocycles. The van der Waals surface area contributed by atoms with Crippen LogP contribution >= 0.6 is 0 Å². The minimum absolute atomic E-state index is 0.00405. The van der Waals surface area contributed by atoms with Crippen LogP contribution in [-0.4, -0.2) is 31.8 Å². The van der Waals surface area contributed by atoms with Gasteiger partial charge in [-0.15, -0.1) is 0 Å². The Bertz CT molecular complexity index is 480. The summed E-state index contributed by atoms with van der Waals surface area (Å²) in [5.41, 5.74) is 0.685. The van der Waals surface area contributed by atoms with E-state index in [-0.39, 0.29) is 12.0 Å². The molecule has 4 nitrogen and oxygen atoms in total. The van der Waals surface area contributed by atoms with Crippen LogP contribution in [0, 0.1) is 5.92 Å². The number of unbranched alkanes of at least 4 members (excludes halogenated alkanes) is 1. The molecule has 0 aromatic heterocycles. The molecule has 2 atom stereocenters. The Kier molecular flexibility index (Phi) is 8.10. The highest BCUT2D eigenvalue weighted by Gasteiger charge is 2.16. The van der Waals surface area contributed by atoms with Crippen LogP contribution in [-0.2, 0) is 4.74 Å². The molecule has 1 heterocycles. The maximum Gasteiger partial charge on any atom is 0.251 e. The monoisotopic (exact) mass is 333 g/mol. The predicted molar refractivity (Wildman–Crippen MR) is 96.6 cm³/mol. The standard InChI is InChI=1S/C20H31NO3/c1-3-5-7-16(4-2)14-21-20(22)17-9-11-18(12-10-17)24-15-19-8-6-13-23-19/h9-12,16,19H,3-8,13-15H2,1-2H3,(H,21,22). The summed E-state index contributed by atoms with van der Waals surface area (Å²) in [5.74, 6) is 1.36. The Morgan fingerprint density at radius 1 is 1.33 bits per heavy atom. The van der Waals surface area contributed by atoms with E-state index >= 15 is 0 Å². The molecule has 1 aromatic rings. The number of benzene rings is 1. The molecule has 4 heteroatoms. The molecule has 1 N–H and O–H groups in total. The van der Waals surface area contributed by atoms with Gasteiger partial charge in [-0.3, -0.25) is 4.79 Å². The number of carbonyl (C=O) groups is 1. The summed E-state index contributed by atoms with van der Waals surface area (Å²) in [4.78, 5) is 12.2. The van der Waals surface area contributed by atoms with Gasteiger partial charge in [0.25, 0.3) is 5.91 Å². The Hall–Kier alpha value is -1.55. The van der Waals surface area contributed by atoms with Crippen LogP contribution in [0.2, 0.25) is 0 Å². The number of ether oxygens (including phenoxy) is 2. The molecule has 0 saturated carbocycles. The molecule has 1 saturated heterocycles. The van der Waals surface area contributed by atoms with E-state index in [9.17, 15) is 4.79 Å². The number of nitrogens with one attached hydrogen (secondary N) is 1. The molecule has 1 aliphatic heterocycles. The third kappa shape index (κ3) is 6.16. The van der Waals surface area contributed by atoms with Crippen LogP contribution < -0.4 is 10.1 Å². The van der Waals surface area contributed by atoms with Crippen molar-refractivity contribution in [1.82, 2.24) is 5.32 Å². The summed E-state index contributed by atoms with van der Waals surface area (Å²) in [6.45, 7) is 6.57. The Labute approximate surface area is 145 Å². The summed E-state index contributed by atoms with van der Waals surface area (Å²) in [5, 5.41) is 3.06. The summed E-state index contributed by atoms with van der Waals surface area (Å²) in [6, 6.07) is 7.37. The first-order valence-electron chi connectivity index (χ1n) is 9.35. The molecule has 2 unspecified atom stereocenters. The van der Waals surface area contributed by atoms with Gasteiger partial charge in [0.15, 0.2) is 0 Å². The maximum absolute atomic E-state index is 12.2. The van der Waals surface area contributed by atoms with Crippen LogP contribution in [0.5, 0.6) is 5.75 Å². The lowest BCUT2D eigenvalue weighted by molar-refractivity contribution is 0.0679. The van der Waals surface area contributed by atoms with Crippen LogP contribution in [0.3, 0.4) is 0 Å². The van der Waals surface area contributed by atoms with Crippen LogP contribution in [0.15, 0.2) is 24.3 Å². The molecule has 0 radical (unpaired) electrons. The molecule has 134 valence electrons. The van der Waals surface area contributed by atoms with E-state index in [0.717, 1.165) is 38.2 Å². The van der Waals surface area contributed by atoms with Gasteiger partial charge in [-0.2, -0.15) is 0 Å². The lowest BCUT2D eigenvalue weighted by atomic mass is 9.99. The third-order valence-electron chi connectivity index (χ3n) is 4.67. The highest BCUT2D eigenvalue weighted by atomic mass is 16.5. The number of amides is 1. The number of rotatable bonds is 10. The minimum atomic E-state index is -0.00405. The summed E-state index contributed by atoms with van der Waals surface area (Å²) in [7, 11) is 0. The smallest absolute Gasteiger partial charge is 0.251 e. The molecule has 0 bridgehead atoms. The van der Waals surface area contributed by atoms with Crippen molar-refractivity contribution in [1.29, 1.82) is 0 Å². The van der Waals surface area contributed by atoms with Gasteiger partial charge >= 0.3 is 0 Å². The van der Waals surface area contributed by atoms with Gasteiger partial charge in [-0.05, 0) is 49.4 Å². The number of carbonyl (C=O) groups excluding carboxylic acids is 1. The average molecular weight is 333 g/mol. The zero-order valence-electron chi connectivity index (χ0n) is 15.1. The first-order chi connectivity index (χ1) is 11.7. The third-order valence-corrected chi connectivity index (χ3v) is 4.67. The van der Waals surface area contributed by atoms with Gasteiger partial charge in [0, 0.05) is 18.7 Å². The summed E-state index contributed by atoms with van der Waals surface area (Å²) < 4.78 is 11.3. The molecule has 24 heavy (non-hydrogen) atoms. The van der Waals surface area contributed by atoms with Crippen molar-refractivity contribution in [3.05, 3.63) is 29.8 Å². The first-order valence-corrected chi connectivity index (χ1v) is 9.35. The topological polar surface area (TPSA) is 47.6 Å². The maximum atomic E-state index is 12.2. The minimum Gasteiger partial charge on any atom is -0.491 e. The molecule has 1 aliphatic rings. The van der Waals surface area contributed by atoms with Crippen molar-refractivity contribution in [2.75, 3.05) is 19.8 Å². The van der Waals surface area contributed by atoms with Crippen molar-refractivity contribution in [3.8, 4) is 5.75 Å². The summed E-state index contributed by atoms with van der Waals surface area (Å²) in [6.07, 6.45) is 7.12. The quantitative estimate of drug-likeness (QED) is 0.698. The molecule has 0 spiro atoms. The van der Waals surface area contributed by atoms with Crippen molar-refractivity contribution >= 4 is 5.91 Å². The van der Waals surface area contributed by atoms with Gasteiger partial charge in [0.1, 0.15) is 12.4 Å². The fraction of sp³-hybridized carbons (Fsp3) is 0.650. The van der Waals surface area contributed by atoms with E-state index < -0.39 is 0 Å². The molecule has 2 rings (SSSR count). The summed E-state index contributed by atoms with van der Waals surface area (Å²) >= 11 is 0. The SMILES string of the molecule is CCCCC(CC)CNC(=O)c1ccc(OCC2CCCO2)cc1. The van der Waals surface area contributed by atoms with Gasteiger partial charge in [-0.25, -0.2) is 0 Å². The van der Waals surface area contributed by atoms with E-state index in [1.165, 1.54) is 19.3 Å². The fourth-order valence-electron chi connectivity index (χ4n) is 2.95. The second kappa shape index (κ2) is 10.3. The number of hydrogen-bond donors (Lipinski definition) is 1. The van der Waals surface area contributed by atoms with Crippen LogP contribution in [0.25, 0.3) is 0 Å². The number of hydrogen-bond acceptors (Lipinski definition) is 3. The van der Waals surface area contributed by atoms with Crippen LogP contribution in [0.1, 0.15) is 62.7 Å². The van der Waals surface area contributed by atoms with Crippen molar-refractivity contribution in [3.63, 3.8) is 0 Å². The highest BCUT2D eigenvalue weighted by Crippen LogP contribution is 2.17. The second-order valence-corrected chi connectivity index (χ2v) is 6.60. The Morgan fingerprint density at radius 2 is 2.12 bits per heavy atom. The Balaban J connectivity index is 1.75. The van der Waals surface area contributed by atoms with E-state index in [1.54, 1.807) is 0 Å². The largest absolute Gasteiger partial charge is 0.491 e. The van der Waals surface area contributed by atoms with E-state index in [0.29, 0.717) is 18.1 Å². The zero-order valence-corrected chi connectivity index (χ0v) is 15.1. The van der Waals surface area contributed by atoms with Crippen molar-refractivity contribution in [2.45, 2.75) is 58.5 Å². The molecular weight excluding hydrogens is 302 g/mol. The highest BCUT2D eigenvalue weighted by molar-refractivity contribution is 5.94. The van der Waals surface area contributed by atoms with Crippen molar-refractivity contribution in [2.24, 2.45) is 5.92 Å². The van der Waals surface area contributed by atoms with Crippen LogP contribution in [0.4, 0.5) is 0 Å². The predicted octanol–water partition coefficient (Wildman–Crippen LogP) is 4.19. The van der Waals surface area contributed by atoms with Gasteiger partial charge in [-0.1, -0.05) is 33.1 Å². The van der Waals surface area contributed by atoms with Gasteiger partial charge in [0.2, 0.25) is 0 Å².